The molecular formula is C26H30N2O4S. The van der Waals surface area contributed by atoms with Crippen molar-refractivity contribution in [3.05, 3.63) is 77.1 Å². The number of aromatic nitrogens is 1. The van der Waals surface area contributed by atoms with Crippen LogP contribution in [0.1, 0.15) is 27.3 Å². The number of Topliss-reactive ketones (excluding diaryl/α,β-unsaturated/α-hetero) is 1. The molecule has 0 aliphatic rings. The van der Waals surface area contributed by atoms with E-state index < -0.39 is 0 Å². The van der Waals surface area contributed by atoms with Crippen LogP contribution in [0.3, 0.4) is 0 Å². The molecule has 0 saturated carbocycles. The lowest BCUT2D eigenvalue weighted by Crippen LogP contribution is -2.14. The number of nitrogens with zero attached hydrogens (tertiary/aromatic N) is 1. The summed E-state index contributed by atoms with van der Waals surface area (Å²) in [7, 11) is 1.66. The first-order valence-electron chi connectivity index (χ1n) is 10.8. The van der Waals surface area contributed by atoms with E-state index in [1.54, 1.807) is 31.4 Å². The van der Waals surface area contributed by atoms with Crippen molar-refractivity contribution in [3.8, 4) is 11.5 Å². The standard InChI is InChI=1S/C26H30N2O4S/c1-18-15-24(19(2)28(18)14-13-20-5-9-22(31-3)10-6-20)25(29)16-32-23-11-7-21(8-12-23)27-26(30)17-33-4/h5-12,15H,13-14,16-17H2,1-4H3,(H,27,30). The number of methoxy groups -OCH3 is 1. The van der Waals surface area contributed by atoms with E-state index in [1.807, 2.05) is 38.3 Å². The number of ether oxygens (including phenoxy) is 2. The summed E-state index contributed by atoms with van der Waals surface area (Å²) in [5.41, 5.74) is 4.60. The molecule has 6 nitrogen and oxygen atoms in total. The molecule has 3 aromatic rings. The van der Waals surface area contributed by atoms with E-state index in [4.69, 9.17) is 9.47 Å². The molecule has 0 aliphatic heterocycles. The van der Waals surface area contributed by atoms with Gasteiger partial charge in [-0.2, -0.15) is 11.8 Å². The maximum absolute atomic E-state index is 12.8. The summed E-state index contributed by atoms with van der Waals surface area (Å²) >= 11 is 1.47. The van der Waals surface area contributed by atoms with Crippen LogP contribution in [0.25, 0.3) is 0 Å². The van der Waals surface area contributed by atoms with E-state index >= 15 is 0 Å². The fourth-order valence-corrected chi connectivity index (χ4v) is 3.98. The average Bonchev–Trinajstić information content (AvgIpc) is 3.10. The van der Waals surface area contributed by atoms with Crippen molar-refractivity contribution < 1.29 is 19.1 Å². The molecule has 33 heavy (non-hydrogen) atoms. The van der Waals surface area contributed by atoms with Gasteiger partial charge in [0.2, 0.25) is 11.7 Å². The first-order valence-corrected chi connectivity index (χ1v) is 12.1. The summed E-state index contributed by atoms with van der Waals surface area (Å²) in [4.78, 5) is 24.5. The summed E-state index contributed by atoms with van der Waals surface area (Å²) in [6, 6.07) is 17.0. The molecular weight excluding hydrogens is 436 g/mol. The molecule has 0 fully saturated rings. The number of amides is 1. The summed E-state index contributed by atoms with van der Waals surface area (Å²) < 4.78 is 13.1. The van der Waals surface area contributed by atoms with Gasteiger partial charge in [0.1, 0.15) is 11.5 Å². The summed E-state index contributed by atoms with van der Waals surface area (Å²) in [6.45, 7) is 4.74. The Labute approximate surface area is 199 Å². The fourth-order valence-electron chi connectivity index (χ4n) is 3.65. The number of hydrogen-bond acceptors (Lipinski definition) is 5. The second kappa shape index (κ2) is 11.6. The Morgan fingerprint density at radius 2 is 1.67 bits per heavy atom. The molecule has 0 aliphatic carbocycles. The summed E-state index contributed by atoms with van der Waals surface area (Å²) in [5.74, 6) is 1.73. The zero-order chi connectivity index (χ0) is 23.8. The van der Waals surface area contributed by atoms with Gasteiger partial charge in [0.25, 0.3) is 0 Å². The minimum atomic E-state index is -0.0591. The number of rotatable bonds is 11. The van der Waals surface area contributed by atoms with Gasteiger partial charge in [0, 0.05) is 29.2 Å². The molecule has 1 aromatic heterocycles. The average molecular weight is 467 g/mol. The molecule has 0 radical (unpaired) electrons. The third-order valence-corrected chi connectivity index (χ3v) is 5.99. The molecule has 0 saturated heterocycles. The zero-order valence-electron chi connectivity index (χ0n) is 19.5. The van der Waals surface area contributed by atoms with Gasteiger partial charge in [-0.25, -0.2) is 0 Å². The molecule has 1 amide bonds. The van der Waals surface area contributed by atoms with Gasteiger partial charge in [-0.3, -0.25) is 9.59 Å². The molecule has 1 N–H and O–H groups in total. The number of carbonyl (C=O) groups excluding carboxylic acids is 2. The predicted octanol–water partition coefficient (Wildman–Crippen LogP) is 4.92. The van der Waals surface area contributed by atoms with Crippen molar-refractivity contribution in [3.63, 3.8) is 0 Å². The largest absolute Gasteiger partial charge is 0.497 e. The SMILES string of the molecule is COc1ccc(CCn2c(C)cc(C(=O)COc3ccc(NC(=O)CSC)cc3)c2C)cc1. The van der Waals surface area contributed by atoms with Crippen LogP contribution in [0.4, 0.5) is 5.69 Å². The summed E-state index contributed by atoms with van der Waals surface area (Å²) in [5, 5.41) is 2.82. The molecule has 1 heterocycles. The van der Waals surface area contributed by atoms with Crippen molar-refractivity contribution in [1.29, 1.82) is 0 Å². The monoisotopic (exact) mass is 466 g/mol. The van der Waals surface area contributed by atoms with Gasteiger partial charge in [-0.15, -0.1) is 0 Å². The predicted molar refractivity (Wildman–Crippen MR) is 134 cm³/mol. The third kappa shape index (κ3) is 6.65. The van der Waals surface area contributed by atoms with Crippen LogP contribution >= 0.6 is 11.8 Å². The van der Waals surface area contributed by atoms with Crippen LogP contribution in [0.2, 0.25) is 0 Å². The lowest BCUT2D eigenvalue weighted by Gasteiger charge is -2.11. The second-order valence-electron chi connectivity index (χ2n) is 7.75. The number of carbonyl (C=O) groups is 2. The van der Waals surface area contributed by atoms with E-state index in [0.29, 0.717) is 22.8 Å². The molecule has 0 spiro atoms. The molecule has 0 atom stereocenters. The number of anilines is 1. The van der Waals surface area contributed by atoms with Crippen LogP contribution in [0.5, 0.6) is 11.5 Å². The third-order valence-electron chi connectivity index (χ3n) is 5.44. The highest BCUT2D eigenvalue weighted by molar-refractivity contribution is 7.99. The van der Waals surface area contributed by atoms with Gasteiger partial charge >= 0.3 is 0 Å². The Morgan fingerprint density at radius 1 is 1.00 bits per heavy atom. The van der Waals surface area contributed by atoms with Crippen molar-refractivity contribution in [2.24, 2.45) is 0 Å². The maximum Gasteiger partial charge on any atom is 0.234 e. The van der Waals surface area contributed by atoms with Crippen molar-refractivity contribution >= 4 is 29.1 Å². The van der Waals surface area contributed by atoms with E-state index in [-0.39, 0.29) is 18.3 Å². The quantitative estimate of drug-likeness (QED) is 0.406. The number of nitrogens with one attached hydrogen (secondary N) is 1. The molecule has 174 valence electrons. The van der Waals surface area contributed by atoms with Gasteiger partial charge in [0.15, 0.2) is 6.61 Å². The fraction of sp³-hybridized carbons (Fsp3) is 0.308. The highest BCUT2D eigenvalue weighted by Crippen LogP contribution is 2.20. The van der Waals surface area contributed by atoms with Crippen LogP contribution < -0.4 is 14.8 Å². The first kappa shape index (κ1) is 24.5. The van der Waals surface area contributed by atoms with E-state index in [0.717, 1.165) is 30.1 Å². The minimum absolute atomic E-state index is 0.0407. The number of benzene rings is 2. The Bertz CT molecular complexity index is 1090. The van der Waals surface area contributed by atoms with Crippen LogP contribution in [0, 0.1) is 13.8 Å². The van der Waals surface area contributed by atoms with Crippen LogP contribution in [-0.4, -0.2) is 42.0 Å². The number of ketones is 1. The highest BCUT2D eigenvalue weighted by atomic mass is 32.2. The number of aryl methyl sites for hydroxylation is 2. The number of thioether (sulfide) groups is 1. The molecule has 0 bridgehead atoms. The molecule has 3 rings (SSSR count). The van der Waals surface area contributed by atoms with Crippen LogP contribution in [-0.2, 0) is 17.8 Å². The minimum Gasteiger partial charge on any atom is -0.497 e. The van der Waals surface area contributed by atoms with Gasteiger partial charge in [-0.1, -0.05) is 12.1 Å². The van der Waals surface area contributed by atoms with E-state index in [2.05, 4.69) is 22.0 Å². The normalized spacial score (nSPS) is 10.7. The smallest absolute Gasteiger partial charge is 0.234 e. The lowest BCUT2D eigenvalue weighted by molar-refractivity contribution is -0.113. The second-order valence-corrected chi connectivity index (χ2v) is 8.62. The zero-order valence-corrected chi connectivity index (χ0v) is 20.3. The summed E-state index contributed by atoms with van der Waals surface area (Å²) in [6.07, 6.45) is 2.75. The maximum atomic E-state index is 12.8. The Balaban J connectivity index is 1.57. The van der Waals surface area contributed by atoms with Gasteiger partial charge in [-0.05, 0) is 74.6 Å². The van der Waals surface area contributed by atoms with Crippen molar-refractivity contribution in [2.75, 3.05) is 31.0 Å². The molecule has 2 aromatic carbocycles. The van der Waals surface area contributed by atoms with Crippen LogP contribution in [0.15, 0.2) is 54.6 Å². The lowest BCUT2D eigenvalue weighted by atomic mass is 10.1. The van der Waals surface area contributed by atoms with Crippen molar-refractivity contribution in [2.45, 2.75) is 26.8 Å². The Kier molecular flexibility index (Phi) is 8.60. The Hall–Kier alpha value is -3.19. The first-order chi connectivity index (χ1) is 15.9. The molecule has 7 heteroatoms. The highest BCUT2D eigenvalue weighted by Gasteiger charge is 2.16. The van der Waals surface area contributed by atoms with E-state index in [9.17, 15) is 9.59 Å². The van der Waals surface area contributed by atoms with Gasteiger partial charge < -0.3 is 19.4 Å². The molecule has 0 unspecified atom stereocenters. The van der Waals surface area contributed by atoms with Gasteiger partial charge in [0.05, 0.1) is 12.9 Å². The topological polar surface area (TPSA) is 69.6 Å². The van der Waals surface area contributed by atoms with Crippen molar-refractivity contribution in [1.82, 2.24) is 4.57 Å². The Morgan fingerprint density at radius 3 is 2.30 bits per heavy atom. The number of hydrogen-bond donors (Lipinski definition) is 1. The van der Waals surface area contributed by atoms with E-state index in [1.165, 1.54) is 17.3 Å².